The van der Waals surface area contributed by atoms with Gasteiger partial charge in [0.25, 0.3) is 0 Å². The smallest absolute Gasteiger partial charge is 0.122 e. The van der Waals surface area contributed by atoms with Crippen LogP contribution in [-0.2, 0) is 6.54 Å². The van der Waals surface area contributed by atoms with E-state index in [-0.39, 0.29) is 0 Å². The normalized spacial score (nSPS) is 10.9. The SMILES string of the molecule is CC(C)c1ccccc1OCCNCc1ccco1. The van der Waals surface area contributed by atoms with Gasteiger partial charge in [0.05, 0.1) is 12.8 Å². The average molecular weight is 259 g/mol. The molecule has 0 aliphatic rings. The second-order valence-electron chi connectivity index (χ2n) is 4.80. The van der Waals surface area contributed by atoms with Gasteiger partial charge >= 0.3 is 0 Å². The Kier molecular flexibility index (Phi) is 5.04. The third-order valence-electron chi connectivity index (χ3n) is 2.96. The summed E-state index contributed by atoms with van der Waals surface area (Å²) >= 11 is 0. The van der Waals surface area contributed by atoms with Crippen LogP contribution >= 0.6 is 0 Å². The highest BCUT2D eigenvalue weighted by molar-refractivity contribution is 5.35. The minimum Gasteiger partial charge on any atom is -0.492 e. The highest BCUT2D eigenvalue weighted by Gasteiger charge is 2.06. The lowest BCUT2D eigenvalue weighted by Gasteiger charge is -2.13. The topological polar surface area (TPSA) is 34.4 Å². The van der Waals surface area contributed by atoms with Crippen LogP contribution in [0.4, 0.5) is 0 Å². The van der Waals surface area contributed by atoms with E-state index in [0.29, 0.717) is 12.5 Å². The van der Waals surface area contributed by atoms with Crippen molar-refractivity contribution < 1.29 is 9.15 Å². The van der Waals surface area contributed by atoms with Crippen LogP contribution in [0.3, 0.4) is 0 Å². The first-order valence-corrected chi connectivity index (χ1v) is 6.72. The van der Waals surface area contributed by atoms with Gasteiger partial charge in [0, 0.05) is 6.54 Å². The molecule has 102 valence electrons. The van der Waals surface area contributed by atoms with Gasteiger partial charge in [0.1, 0.15) is 18.1 Å². The Balaban J connectivity index is 1.73. The first-order chi connectivity index (χ1) is 9.27. The largest absolute Gasteiger partial charge is 0.492 e. The summed E-state index contributed by atoms with van der Waals surface area (Å²) in [5, 5.41) is 3.29. The maximum absolute atomic E-state index is 5.82. The molecular formula is C16H21NO2. The quantitative estimate of drug-likeness (QED) is 0.772. The first kappa shape index (κ1) is 13.7. The van der Waals surface area contributed by atoms with Gasteiger partial charge in [-0.2, -0.15) is 0 Å². The van der Waals surface area contributed by atoms with Crippen LogP contribution in [0.1, 0.15) is 31.1 Å². The van der Waals surface area contributed by atoms with Crippen molar-refractivity contribution in [1.29, 1.82) is 0 Å². The predicted molar refractivity (Wildman–Crippen MR) is 76.4 cm³/mol. The van der Waals surface area contributed by atoms with E-state index in [1.54, 1.807) is 6.26 Å². The van der Waals surface area contributed by atoms with Crippen LogP contribution in [0.15, 0.2) is 47.1 Å². The number of furan rings is 1. The molecule has 1 aromatic heterocycles. The average Bonchev–Trinajstić information content (AvgIpc) is 2.92. The molecule has 0 bridgehead atoms. The number of nitrogens with one attached hydrogen (secondary N) is 1. The minimum absolute atomic E-state index is 0.479. The van der Waals surface area contributed by atoms with E-state index in [1.165, 1.54) is 5.56 Å². The van der Waals surface area contributed by atoms with Gasteiger partial charge in [-0.3, -0.25) is 0 Å². The Hall–Kier alpha value is -1.74. The molecule has 0 aliphatic heterocycles. The summed E-state index contributed by atoms with van der Waals surface area (Å²) in [7, 11) is 0. The Morgan fingerprint density at radius 1 is 1.16 bits per heavy atom. The minimum atomic E-state index is 0.479. The molecule has 1 heterocycles. The molecule has 1 aromatic carbocycles. The Morgan fingerprint density at radius 3 is 2.74 bits per heavy atom. The molecule has 0 radical (unpaired) electrons. The van der Waals surface area contributed by atoms with E-state index in [1.807, 2.05) is 24.3 Å². The molecule has 0 saturated heterocycles. The molecule has 3 heteroatoms. The van der Waals surface area contributed by atoms with Crippen molar-refractivity contribution in [3.63, 3.8) is 0 Å². The zero-order valence-corrected chi connectivity index (χ0v) is 11.6. The fourth-order valence-electron chi connectivity index (χ4n) is 1.95. The number of hydrogen-bond acceptors (Lipinski definition) is 3. The van der Waals surface area contributed by atoms with Crippen molar-refractivity contribution >= 4 is 0 Å². The molecule has 0 fully saturated rings. The molecule has 0 saturated carbocycles. The van der Waals surface area contributed by atoms with Crippen molar-refractivity contribution in [2.45, 2.75) is 26.3 Å². The molecule has 0 atom stereocenters. The summed E-state index contributed by atoms with van der Waals surface area (Å²) in [4.78, 5) is 0. The van der Waals surface area contributed by atoms with Gasteiger partial charge in [0.15, 0.2) is 0 Å². The summed E-state index contributed by atoms with van der Waals surface area (Å²) in [5.41, 5.74) is 1.26. The van der Waals surface area contributed by atoms with E-state index < -0.39 is 0 Å². The zero-order chi connectivity index (χ0) is 13.5. The Labute approximate surface area is 114 Å². The van der Waals surface area contributed by atoms with Crippen LogP contribution in [0.5, 0.6) is 5.75 Å². The van der Waals surface area contributed by atoms with E-state index in [4.69, 9.17) is 9.15 Å². The molecular weight excluding hydrogens is 238 g/mol. The Morgan fingerprint density at radius 2 is 2.00 bits per heavy atom. The van der Waals surface area contributed by atoms with Crippen molar-refractivity contribution in [3.8, 4) is 5.75 Å². The van der Waals surface area contributed by atoms with Crippen LogP contribution < -0.4 is 10.1 Å². The maximum atomic E-state index is 5.82. The predicted octanol–water partition coefficient (Wildman–Crippen LogP) is 3.57. The van der Waals surface area contributed by atoms with Gasteiger partial charge in [-0.15, -0.1) is 0 Å². The van der Waals surface area contributed by atoms with Gasteiger partial charge in [-0.05, 0) is 29.7 Å². The van der Waals surface area contributed by atoms with Crippen LogP contribution in [0.2, 0.25) is 0 Å². The maximum Gasteiger partial charge on any atom is 0.122 e. The van der Waals surface area contributed by atoms with Crippen LogP contribution in [0, 0.1) is 0 Å². The van der Waals surface area contributed by atoms with Gasteiger partial charge < -0.3 is 14.5 Å². The summed E-state index contributed by atoms with van der Waals surface area (Å²) in [6.07, 6.45) is 1.69. The third-order valence-corrected chi connectivity index (χ3v) is 2.96. The van der Waals surface area contributed by atoms with Crippen LogP contribution in [-0.4, -0.2) is 13.2 Å². The zero-order valence-electron chi connectivity index (χ0n) is 11.6. The monoisotopic (exact) mass is 259 g/mol. The fraction of sp³-hybridized carbons (Fsp3) is 0.375. The lowest BCUT2D eigenvalue weighted by Crippen LogP contribution is -2.20. The van der Waals surface area contributed by atoms with Crippen molar-refractivity contribution in [2.24, 2.45) is 0 Å². The molecule has 0 amide bonds. The summed E-state index contributed by atoms with van der Waals surface area (Å²) in [5.74, 6) is 2.41. The number of rotatable bonds is 7. The van der Waals surface area contributed by atoms with Crippen molar-refractivity contribution in [3.05, 3.63) is 54.0 Å². The first-order valence-electron chi connectivity index (χ1n) is 6.72. The molecule has 19 heavy (non-hydrogen) atoms. The summed E-state index contributed by atoms with van der Waals surface area (Å²) in [6, 6.07) is 12.1. The van der Waals surface area contributed by atoms with E-state index in [2.05, 4.69) is 31.3 Å². The molecule has 2 rings (SSSR count). The highest BCUT2D eigenvalue weighted by atomic mass is 16.5. The van der Waals surface area contributed by atoms with Crippen molar-refractivity contribution in [1.82, 2.24) is 5.32 Å². The molecule has 3 nitrogen and oxygen atoms in total. The van der Waals surface area contributed by atoms with Gasteiger partial charge in [-0.1, -0.05) is 32.0 Å². The van der Waals surface area contributed by atoms with Crippen molar-refractivity contribution in [2.75, 3.05) is 13.2 Å². The molecule has 0 aliphatic carbocycles. The van der Waals surface area contributed by atoms with E-state index >= 15 is 0 Å². The van der Waals surface area contributed by atoms with E-state index in [0.717, 1.165) is 24.6 Å². The standard InChI is InChI=1S/C16H21NO2/c1-13(2)15-7-3-4-8-16(15)19-11-9-17-12-14-6-5-10-18-14/h3-8,10,13,17H,9,11-12H2,1-2H3. The second kappa shape index (κ2) is 7.00. The molecule has 0 spiro atoms. The lowest BCUT2D eigenvalue weighted by atomic mass is 10.0. The number of hydrogen-bond donors (Lipinski definition) is 1. The molecule has 1 N–H and O–H groups in total. The van der Waals surface area contributed by atoms with Crippen LogP contribution in [0.25, 0.3) is 0 Å². The van der Waals surface area contributed by atoms with E-state index in [9.17, 15) is 0 Å². The molecule has 2 aromatic rings. The fourth-order valence-corrected chi connectivity index (χ4v) is 1.95. The number of para-hydroxylation sites is 1. The summed E-state index contributed by atoms with van der Waals surface area (Å²) in [6.45, 7) is 6.55. The second-order valence-corrected chi connectivity index (χ2v) is 4.80. The Bertz CT molecular complexity index is 477. The third kappa shape index (κ3) is 4.14. The number of benzene rings is 1. The highest BCUT2D eigenvalue weighted by Crippen LogP contribution is 2.25. The lowest BCUT2D eigenvalue weighted by molar-refractivity contribution is 0.307. The number of ether oxygens (including phenoxy) is 1. The van der Waals surface area contributed by atoms with Gasteiger partial charge in [0.2, 0.25) is 0 Å². The summed E-state index contributed by atoms with van der Waals surface area (Å²) < 4.78 is 11.1. The molecule has 0 unspecified atom stereocenters. The van der Waals surface area contributed by atoms with Gasteiger partial charge in [-0.25, -0.2) is 0 Å².